The third kappa shape index (κ3) is 1.96. The summed E-state index contributed by atoms with van der Waals surface area (Å²) in [4.78, 5) is 27.5. The molecule has 0 aliphatic heterocycles. The highest BCUT2D eigenvalue weighted by Crippen LogP contribution is 2.28. The molecule has 19 heavy (non-hydrogen) atoms. The summed E-state index contributed by atoms with van der Waals surface area (Å²) in [5.74, 6) is -0.534. The molecule has 0 spiro atoms. The Kier molecular flexibility index (Phi) is 2.72. The molecule has 0 aliphatic rings. The predicted octanol–water partition coefficient (Wildman–Crippen LogP) is 2.90. The van der Waals surface area contributed by atoms with Gasteiger partial charge in [0.1, 0.15) is 11.8 Å². The van der Waals surface area contributed by atoms with Crippen LogP contribution in [0.2, 0.25) is 0 Å². The maximum absolute atomic E-state index is 12.2. The van der Waals surface area contributed by atoms with Gasteiger partial charge in [-0.05, 0) is 23.6 Å². The summed E-state index contributed by atoms with van der Waals surface area (Å²) in [6.45, 7) is 1.24. The van der Waals surface area contributed by atoms with Crippen LogP contribution in [0.5, 0.6) is 0 Å². The highest BCUT2D eigenvalue weighted by molar-refractivity contribution is 7.17. The van der Waals surface area contributed by atoms with E-state index in [4.69, 9.17) is 4.42 Å². The minimum absolute atomic E-state index is 0.0947. The minimum Gasteiger partial charge on any atom is -0.461 e. The Morgan fingerprint density at radius 1 is 1.32 bits per heavy atom. The van der Waals surface area contributed by atoms with Crippen LogP contribution in [0, 0.1) is 0 Å². The number of fused-ring (bicyclic) bond motifs is 3. The molecule has 2 heterocycles. The molecule has 0 radical (unpaired) electrons. The summed E-state index contributed by atoms with van der Waals surface area (Å²) in [6, 6.07) is 5.48. The van der Waals surface area contributed by atoms with Gasteiger partial charge in [0.15, 0.2) is 5.69 Å². The molecule has 3 aromatic rings. The molecule has 0 saturated heterocycles. The van der Waals surface area contributed by atoms with Gasteiger partial charge in [0.2, 0.25) is 5.43 Å². The number of hydrogen-bond donors (Lipinski definition) is 1. The first-order valence-corrected chi connectivity index (χ1v) is 6.40. The normalized spacial score (nSPS) is 10.8. The van der Waals surface area contributed by atoms with E-state index in [1.807, 2.05) is 17.5 Å². The average Bonchev–Trinajstić information content (AvgIpc) is 2.86. The molecule has 2 aromatic heterocycles. The summed E-state index contributed by atoms with van der Waals surface area (Å²) in [6.07, 6.45) is 1.25. The van der Waals surface area contributed by atoms with Crippen molar-refractivity contribution in [3.8, 4) is 0 Å². The SMILES string of the molecule is CC(=O)ONc1coc2c(ccc3sccc32)c1=O. The van der Waals surface area contributed by atoms with Gasteiger partial charge in [-0.3, -0.25) is 9.59 Å². The fourth-order valence-electron chi connectivity index (χ4n) is 1.84. The zero-order valence-electron chi connectivity index (χ0n) is 9.93. The van der Waals surface area contributed by atoms with E-state index in [9.17, 15) is 9.59 Å². The number of benzene rings is 1. The number of nitrogens with one attached hydrogen (secondary N) is 1. The number of hydrogen-bond acceptors (Lipinski definition) is 6. The van der Waals surface area contributed by atoms with Crippen molar-refractivity contribution in [1.82, 2.24) is 0 Å². The van der Waals surface area contributed by atoms with Crippen LogP contribution in [0.3, 0.4) is 0 Å². The van der Waals surface area contributed by atoms with Crippen molar-refractivity contribution < 1.29 is 14.0 Å². The van der Waals surface area contributed by atoms with Crippen LogP contribution in [0.4, 0.5) is 5.69 Å². The van der Waals surface area contributed by atoms with Crippen LogP contribution in [0.15, 0.2) is 39.1 Å². The van der Waals surface area contributed by atoms with Gasteiger partial charge in [-0.1, -0.05) is 0 Å². The highest BCUT2D eigenvalue weighted by Gasteiger charge is 2.11. The second kappa shape index (κ2) is 4.40. The lowest BCUT2D eigenvalue weighted by Gasteiger charge is -2.05. The van der Waals surface area contributed by atoms with Crippen LogP contribution >= 0.6 is 11.3 Å². The van der Waals surface area contributed by atoms with Crippen molar-refractivity contribution in [3.05, 3.63) is 40.1 Å². The number of anilines is 1. The second-order valence-electron chi connectivity index (χ2n) is 3.95. The number of thiophene rings is 1. The Morgan fingerprint density at radius 3 is 2.95 bits per heavy atom. The molecule has 1 N–H and O–H groups in total. The van der Waals surface area contributed by atoms with Gasteiger partial charge in [-0.2, -0.15) is 0 Å². The molecule has 0 fully saturated rings. The zero-order valence-corrected chi connectivity index (χ0v) is 10.7. The van der Waals surface area contributed by atoms with Crippen LogP contribution in [0.25, 0.3) is 21.1 Å². The Labute approximate surface area is 111 Å². The number of rotatable bonds is 2. The summed E-state index contributed by atoms with van der Waals surface area (Å²) in [5, 5.41) is 3.29. The van der Waals surface area contributed by atoms with E-state index >= 15 is 0 Å². The first-order chi connectivity index (χ1) is 9.16. The minimum atomic E-state index is -0.534. The van der Waals surface area contributed by atoms with Crippen molar-refractivity contribution in [1.29, 1.82) is 0 Å². The van der Waals surface area contributed by atoms with Crippen molar-refractivity contribution in [3.63, 3.8) is 0 Å². The molecule has 3 rings (SSSR count). The quantitative estimate of drug-likeness (QED) is 0.728. The number of carbonyl (C=O) groups excluding carboxylic acids is 1. The molecule has 0 saturated carbocycles. The second-order valence-corrected chi connectivity index (χ2v) is 4.90. The largest absolute Gasteiger partial charge is 0.461 e. The third-order valence-corrected chi connectivity index (χ3v) is 3.56. The maximum atomic E-state index is 12.2. The number of carbonyl (C=O) groups is 1. The Bertz CT molecular complexity index is 833. The lowest BCUT2D eigenvalue weighted by atomic mass is 10.1. The Hall–Kier alpha value is -2.34. The average molecular weight is 275 g/mol. The van der Waals surface area contributed by atoms with E-state index < -0.39 is 5.97 Å². The predicted molar refractivity (Wildman–Crippen MR) is 73.3 cm³/mol. The summed E-state index contributed by atoms with van der Waals surface area (Å²) < 4.78 is 6.53. The molecular weight excluding hydrogens is 266 g/mol. The monoisotopic (exact) mass is 275 g/mol. The Morgan fingerprint density at radius 2 is 2.16 bits per heavy atom. The first-order valence-electron chi connectivity index (χ1n) is 5.52. The molecule has 96 valence electrons. The molecular formula is C13H9NO4S. The van der Waals surface area contributed by atoms with Gasteiger partial charge in [-0.15, -0.1) is 11.3 Å². The van der Waals surface area contributed by atoms with Crippen molar-refractivity contribution in [2.24, 2.45) is 0 Å². The van der Waals surface area contributed by atoms with Gasteiger partial charge < -0.3 is 9.25 Å². The smallest absolute Gasteiger partial charge is 0.329 e. The summed E-state index contributed by atoms with van der Waals surface area (Å²) >= 11 is 1.58. The molecule has 1 aromatic carbocycles. The molecule has 5 nitrogen and oxygen atoms in total. The molecule has 0 amide bonds. The van der Waals surface area contributed by atoms with Gasteiger partial charge >= 0.3 is 5.97 Å². The molecule has 6 heteroatoms. The zero-order chi connectivity index (χ0) is 13.4. The highest BCUT2D eigenvalue weighted by atomic mass is 32.1. The molecule has 0 atom stereocenters. The molecule has 0 bridgehead atoms. The summed E-state index contributed by atoms with van der Waals surface area (Å²) in [7, 11) is 0. The van der Waals surface area contributed by atoms with Gasteiger partial charge in [0.05, 0.1) is 5.39 Å². The van der Waals surface area contributed by atoms with Crippen LogP contribution in [-0.4, -0.2) is 5.97 Å². The van der Waals surface area contributed by atoms with Crippen LogP contribution in [-0.2, 0) is 9.63 Å². The Balaban J connectivity index is 2.19. The standard InChI is InChI=1S/C13H9NO4S/c1-7(15)18-14-10-6-17-13-8-4-5-19-11(8)3-2-9(13)12(10)16/h2-6,14H,1H3. The van der Waals surface area contributed by atoms with Gasteiger partial charge in [0.25, 0.3) is 0 Å². The topological polar surface area (TPSA) is 68.5 Å². The van der Waals surface area contributed by atoms with Crippen LogP contribution in [0.1, 0.15) is 6.92 Å². The van der Waals surface area contributed by atoms with Crippen LogP contribution < -0.4 is 10.9 Å². The van der Waals surface area contributed by atoms with Gasteiger partial charge in [0, 0.05) is 17.0 Å². The fraction of sp³-hybridized carbons (Fsp3) is 0.0769. The lowest BCUT2D eigenvalue weighted by Crippen LogP contribution is -2.14. The van der Waals surface area contributed by atoms with E-state index in [0.29, 0.717) is 11.0 Å². The summed E-state index contributed by atoms with van der Waals surface area (Å²) in [5.41, 5.74) is 2.66. The lowest BCUT2D eigenvalue weighted by molar-refractivity contribution is -0.138. The fourth-order valence-corrected chi connectivity index (χ4v) is 2.62. The van der Waals surface area contributed by atoms with Crippen molar-refractivity contribution in [2.45, 2.75) is 6.92 Å². The molecule has 0 unspecified atom stereocenters. The van der Waals surface area contributed by atoms with E-state index in [0.717, 1.165) is 10.1 Å². The van der Waals surface area contributed by atoms with Crippen molar-refractivity contribution in [2.75, 3.05) is 5.48 Å². The van der Waals surface area contributed by atoms with E-state index in [1.165, 1.54) is 13.2 Å². The van der Waals surface area contributed by atoms with Gasteiger partial charge in [-0.25, -0.2) is 5.48 Å². The van der Waals surface area contributed by atoms with E-state index in [1.54, 1.807) is 17.4 Å². The molecule has 0 aliphatic carbocycles. The van der Waals surface area contributed by atoms with E-state index in [2.05, 4.69) is 10.3 Å². The van der Waals surface area contributed by atoms with Crippen molar-refractivity contribution >= 4 is 44.0 Å². The third-order valence-electron chi connectivity index (χ3n) is 2.67. The maximum Gasteiger partial charge on any atom is 0.329 e. The first kappa shape index (κ1) is 11.7. The van der Waals surface area contributed by atoms with E-state index in [-0.39, 0.29) is 11.1 Å².